The third-order valence-electron chi connectivity index (χ3n) is 3.33. The van der Waals surface area contributed by atoms with E-state index in [1.807, 2.05) is 0 Å². The van der Waals surface area contributed by atoms with Gasteiger partial charge in [-0.05, 0) is 25.0 Å². The summed E-state index contributed by atoms with van der Waals surface area (Å²) in [6.45, 7) is 1.70. The lowest BCUT2D eigenvalue weighted by atomic mass is 10.1. The van der Waals surface area contributed by atoms with Crippen LogP contribution in [0.1, 0.15) is 23.2 Å². The Morgan fingerprint density at radius 1 is 1.55 bits per heavy atom. The van der Waals surface area contributed by atoms with Gasteiger partial charge in [-0.2, -0.15) is 0 Å². The van der Waals surface area contributed by atoms with Crippen molar-refractivity contribution in [3.05, 3.63) is 23.9 Å². The number of likely N-dealkylation sites (tertiary alicyclic amines) is 1. The minimum absolute atomic E-state index is 0.0236. The second-order valence-corrected chi connectivity index (χ2v) is 4.66. The van der Waals surface area contributed by atoms with Gasteiger partial charge in [-0.15, -0.1) is 0 Å². The first-order valence-electron chi connectivity index (χ1n) is 6.69. The number of nitrogens with two attached hydrogens (primary N) is 1. The molecule has 0 atom stereocenters. The van der Waals surface area contributed by atoms with Crippen molar-refractivity contribution in [1.29, 1.82) is 0 Å². The van der Waals surface area contributed by atoms with Crippen molar-refractivity contribution in [2.75, 3.05) is 31.7 Å². The molecule has 1 aliphatic heterocycles. The molecule has 2 heterocycles. The molecule has 1 saturated heterocycles. The molecule has 0 spiro atoms. The molecular weight excluding hydrogens is 260 g/mol. The van der Waals surface area contributed by atoms with Gasteiger partial charge in [0.25, 0.3) is 5.91 Å². The minimum atomic E-state index is -0.0236. The number of hydrazine groups is 1. The molecule has 0 radical (unpaired) electrons. The minimum Gasteiger partial charge on any atom is -0.394 e. The Morgan fingerprint density at radius 3 is 2.95 bits per heavy atom. The van der Waals surface area contributed by atoms with Crippen LogP contribution in [0.2, 0.25) is 0 Å². The number of anilines is 1. The molecule has 110 valence electrons. The lowest BCUT2D eigenvalue weighted by Gasteiger charge is -2.32. The molecule has 0 saturated carbocycles. The normalized spacial score (nSPS) is 16.2. The van der Waals surface area contributed by atoms with Crippen LogP contribution in [-0.4, -0.2) is 53.3 Å². The van der Waals surface area contributed by atoms with Gasteiger partial charge in [-0.1, -0.05) is 0 Å². The Bertz CT molecular complexity index is 447. The van der Waals surface area contributed by atoms with Crippen molar-refractivity contribution >= 4 is 11.7 Å². The molecule has 0 unspecified atom stereocenters. The number of nitrogens with one attached hydrogen (secondary N) is 1. The number of aromatic nitrogens is 1. The third kappa shape index (κ3) is 3.66. The number of nitrogens with zero attached hydrogens (tertiary/aromatic N) is 2. The van der Waals surface area contributed by atoms with Gasteiger partial charge in [0.15, 0.2) is 0 Å². The summed E-state index contributed by atoms with van der Waals surface area (Å²) in [5.41, 5.74) is 3.00. The second kappa shape index (κ2) is 7.18. The zero-order valence-corrected chi connectivity index (χ0v) is 11.3. The Morgan fingerprint density at radius 2 is 2.30 bits per heavy atom. The maximum Gasteiger partial charge on any atom is 0.254 e. The summed E-state index contributed by atoms with van der Waals surface area (Å²) in [7, 11) is 0. The van der Waals surface area contributed by atoms with Crippen LogP contribution in [0.4, 0.5) is 5.82 Å². The molecule has 1 aromatic rings. The number of aliphatic hydroxyl groups is 1. The van der Waals surface area contributed by atoms with Crippen LogP contribution in [0.3, 0.4) is 0 Å². The molecular formula is C13H20N4O3. The molecule has 1 fully saturated rings. The van der Waals surface area contributed by atoms with E-state index in [0.717, 1.165) is 12.8 Å². The van der Waals surface area contributed by atoms with Gasteiger partial charge in [0.1, 0.15) is 5.82 Å². The van der Waals surface area contributed by atoms with Crippen molar-refractivity contribution in [1.82, 2.24) is 9.88 Å². The Balaban J connectivity index is 1.91. The van der Waals surface area contributed by atoms with Crippen LogP contribution in [0, 0.1) is 0 Å². The van der Waals surface area contributed by atoms with E-state index < -0.39 is 0 Å². The summed E-state index contributed by atoms with van der Waals surface area (Å²) in [6, 6.07) is 3.31. The fourth-order valence-electron chi connectivity index (χ4n) is 2.27. The average Bonchev–Trinajstić information content (AvgIpc) is 2.52. The van der Waals surface area contributed by atoms with Gasteiger partial charge in [0.2, 0.25) is 0 Å². The van der Waals surface area contributed by atoms with Crippen LogP contribution in [-0.2, 0) is 4.74 Å². The van der Waals surface area contributed by atoms with Gasteiger partial charge in [-0.3, -0.25) is 4.79 Å². The summed E-state index contributed by atoms with van der Waals surface area (Å²) in [4.78, 5) is 18.1. The second-order valence-electron chi connectivity index (χ2n) is 4.66. The Hall–Kier alpha value is -1.70. The number of pyridine rings is 1. The van der Waals surface area contributed by atoms with E-state index in [0.29, 0.717) is 31.1 Å². The summed E-state index contributed by atoms with van der Waals surface area (Å²) in [5, 5.41) is 8.72. The molecule has 0 bridgehead atoms. The van der Waals surface area contributed by atoms with Crippen molar-refractivity contribution in [2.45, 2.75) is 18.9 Å². The SMILES string of the molecule is NNc1cc(C(=O)N2CCC(OCCO)CC2)ccn1. The number of aliphatic hydroxyl groups excluding tert-OH is 1. The number of carbonyl (C=O) groups is 1. The fourth-order valence-corrected chi connectivity index (χ4v) is 2.27. The number of piperidine rings is 1. The topological polar surface area (TPSA) is 101 Å². The third-order valence-corrected chi connectivity index (χ3v) is 3.33. The highest BCUT2D eigenvalue weighted by molar-refractivity contribution is 5.94. The van der Waals surface area contributed by atoms with E-state index >= 15 is 0 Å². The van der Waals surface area contributed by atoms with Crippen LogP contribution >= 0.6 is 0 Å². The smallest absolute Gasteiger partial charge is 0.254 e. The van der Waals surface area contributed by atoms with E-state index in [1.165, 1.54) is 0 Å². The largest absolute Gasteiger partial charge is 0.394 e. The molecule has 2 rings (SSSR count). The number of amides is 1. The van der Waals surface area contributed by atoms with E-state index in [9.17, 15) is 4.79 Å². The van der Waals surface area contributed by atoms with E-state index in [1.54, 1.807) is 23.2 Å². The average molecular weight is 280 g/mol. The van der Waals surface area contributed by atoms with Gasteiger partial charge in [0, 0.05) is 24.8 Å². The zero-order valence-electron chi connectivity index (χ0n) is 11.3. The zero-order chi connectivity index (χ0) is 14.4. The highest BCUT2D eigenvalue weighted by atomic mass is 16.5. The number of nitrogen functional groups attached to an aromatic ring is 1. The highest BCUT2D eigenvalue weighted by Crippen LogP contribution is 2.17. The highest BCUT2D eigenvalue weighted by Gasteiger charge is 2.24. The molecule has 7 heteroatoms. The van der Waals surface area contributed by atoms with Crippen LogP contribution in [0.15, 0.2) is 18.3 Å². The first-order chi connectivity index (χ1) is 9.74. The van der Waals surface area contributed by atoms with E-state index in [-0.39, 0.29) is 18.6 Å². The summed E-state index contributed by atoms with van der Waals surface area (Å²) >= 11 is 0. The monoisotopic (exact) mass is 280 g/mol. The van der Waals surface area contributed by atoms with Crippen LogP contribution in [0.25, 0.3) is 0 Å². The Kier molecular flexibility index (Phi) is 5.28. The number of rotatable bonds is 5. The quantitative estimate of drug-likeness (QED) is 0.518. The van der Waals surface area contributed by atoms with Crippen molar-refractivity contribution in [3.63, 3.8) is 0 Å². The predicted molar refractivity (Wildman–Crippen MR) is 74.0 cm³/mol. The Labute approximate surface area is 117 Å². The summed E-state index contributed by atoms with van der Waals surface area (Å²) < 4.78 is 5.48. The lowest BCUT2D eigenvalue weighted by Crippen LogP contribution is -2.41. The summed E-state index contributed by atoms with van der Waals surface area (Å²) in [5.74, 6) is 5.73. The first-order valence-corrected chi connectivity index (χ1v) is 6.69. The standard InChI is InChI=1S/C13H20N4O3/c14-16-12-9-10(1-4-15-12)13(19)17-5-2-11(3-6-17)20-8-7-18/h1,4,9,11,18H,2-3,5-8,14H2,(H,15,16). The number of hydrogen-bond acceptors (Lipinski definition) is 6. The van der Waals surface area contributed by atoms with E-state index in [2.05, 4.69) is 10.4 Å². The first kappa shape index (κ1) is 14.7. The molecule has 7 nitrogen and oxygen atoms in total. The van der Waals surface area contributed by atoms with Gasteiger partial charge in [0.05, 0.1) is 19.3 Å². The van der Waals surface area contributed by atoms with Gasteiger partial charge >= 0.3 is 0 Å². The number of ether oxygens (including phenoxy) is 1. The van der Waals surface area contributed by atoms with Gasteiger partial charge < -0.3 is 20.2 Å². The molecule has 4 N–H and O–H groups in total. The molecule has 0 aliphatic carbocycles. The van der Waals surface area contributed by atoms with Gasteiger partial charge in [-0.25, -0.2) is 10.8 Å². The maximum atomic E-state index is 12.3. The molecule has 1 amide bonds. The van der Waals surface area contributed by atoms with E-state index in [4.69, 9.17) is 15.7 Å². The summed E-state index contributed by atoms with van der Waals surface area (Å²) in [6.07, 6.45) is 3.27. The predicted octanol–water partition coefficient (Wildman–Crippen LogP) is -0.0193. The maximum absolute atomic E-state index is 12.3. The lowest BCUT2D eigenvalue weighted by molar-refractivity contribution is -0.00554. The van der Waals surface area contributed by atoms with Crippen molar-refractivity contribution < 1.29 is 14.6 Å². The molecule has 1 aliphatic rings. The molecule has 0 aromatic carbocycles. The molecule has 1 aromatic heterocycles. The van der Waals surface area contributed by atoms with Crippen LogP contribution in [0.5, 0.6) is 0 Å². The molecule has 20 heavy (non-hydrogen) atoms. The number of carbonyl (C=O) groups excluding carboxylic acids is 1. The number of hydrogen-bond donors (Lipinski definition) is 3. The van der Waals surface area contributed by atoms with Crippen molar-refractivity contribution in [2.24, 2.45) is 5.84 Å². The fraction of sp³-hybridized carbons (Fsp3) is 0.538. The van der Waals surface area contributed by atoms with Crippen LogP contribution < -0.4 is 11.3 Å². The van der Waals surface area contributed by atoms with Crippen molar-refractivity contribution in [3.8, 4) is 0 Å².